The van der Waals surface area contributed by atoms with Gasteiger partial charge in [-0.25, -0.2) is 0 Å². The maximum Gasteiger partial charge on any atom is 0.0594 e. The number of hydrogen-bond donors (Lipinski definition) is 1. The molecule has 2 aliphatic rings. The van der Waals surface area contributed by atoms with Gasteiger partial charge in [-0.3, -0.25) is 4.90 Å². The highest BCUT2D eigenvalue weighted by atomic mass is 16.5. The Balaban J connectivity index is 0.000000360. The molecule has 0 aromatic heterocycles. The molecule has 0 amide bonds. The van der Waals surface area contributed by atoms with E-state index < -0.39 is 0 Å². The lowest BCUT2D eigenvalue weighted by molar-refractivity contribution is 0.0377. The normalized spacial score (nSPS) is 20.6. The molecule has 2 N–H and O–H groups in total. The Kier molecular flexibility index (Phi) is 15.5. The van der Waals surface area contributed by atoms with Crippen molar-refractivity contribution in [3.05, 3.63) is 0 Å². The molecule has 134 valence electrons. The second kappa shape index (κ2) is 15.7. The minimum absolute atomic E-state index is 0.803. The van der Waals surface area contributed by atoms with Gasteiger partial charge in [-0.05, 0) is 39.5 Å². The third-order valence-corrected chi connectivity index (χ3v) is 3.92. The summed E-state index contributed by atoms with van der Waals surface area (Å²) in [5, 5.41) is 0. The minimum atomic E-state index is 0.803. The molecule has 5 nitrogen and oxygen atoms in total. The average molecular weight is 317 g/mol. The van der Waals surface area contributed by atoms with Gasteiger partial charge in [0, 0.05) is 39.3 Å². The van der Waals surface area contributed by atoms with Crippen LogP contribution < -0.4 is 5.73 Å². The monoisotopic (exact) mass is 316 g/mol. The molecule has 0 aromatic carbocycles. The van der Waals surface area contributed by atoms with Gasteiger partial charge in [0.05, 0.1) is 13.2 Å². The van der Waals surface area contributed by atoms with Gasteiger partial charge < -0.3 is 20.3 Å². The zero-order valence-electron chi connectivity index (χ0n) is 15.5. The zero-order chi connectivity index (χ0) is 16.6. The van der Waals surface area contributed by atoms with Crippen molar-refractivity contribution in [1.82, 2.24) is 14.7 Å². The van der Waals surface area contributed by atoms with E-state index in [1.54, 1.807) is 0 Å². The van der Waals surface area contributed by atoms with Crippen LogP contribution in [0.25, 0.3) is 0 Å². The average Bonchev–Trinajstić information content (AvgIpc) is 2.59. The van der Waals surface area contributed by atoms with E-state index >= 15 is 0 Å². The Morgan fingerprint density at radius 2 is 1.41 bits per heavy atom. The van der Waals surface area contributed by atoms with Crippen LogP contribution in [-0.4, -0.2) is 93.9 Å². The van der Waals surface area contributed by atoms with Gasteiger partial charge >= 0.3 is 0 Å². The topological polar surface area (TPSA) is 45.0 Å². The Hall–Kier alpha value is -0.200. The molecule has 2 saturated heterocycles. The predicted octanol–water partition coefficient (Wildman–Crippen LogP) is 1.34. The number of piperazine rings is 1. The van der Waals surface area contributed by atoms with E-state index in [2.05, 4.69) is 28.7 Å². The fraction of sp³-hybridized carbons (Fsp3) is 1.00. The van der Waals surface area contributed by atoms with E-state index in [1.165, 1.54) is 39.1 Å². The first kappa shape index (κ1) is 21.8. The number of hydrogen-bond acceptors (Lipinski definition) is 5. The van der Waals surface area contributed by atoms with Crippen molar-refractivity contribution in [2.75, 3.05) is 79.2 Å². The lowest BCUT2D eigenvalue weighted by Crippen LogP contribution is -2.44. The second-order valence-corrected chi connectivity index (χ2v) is 5.74. The van der Waals surface area contributed by atoms with Crippen LogP contribution in [0.4, 0.5) is 0 Å². The van der Waals surface area contributed by atoms with Gasteiger partial charge in [0.2, 0.25) is 0 Å². The van der Waals surface area contributed by atoms with Gasteiger partial charge in [-0.2, -0.15) is 0 Å². The van der Waals surface area contributed by atoms with Crippen LogP contribution in [-0.2, 0) is 4.74 Å². The van der Waals surface area contributed by atoms with E-state index in [4.69, 9.17) is 10.5 Å². The highest BCUT2D eigenvalue weighted by molar-refractivity contribution is 4.68. The summed E-state index contributed by atoms with van der Waals surface area (Å²) in [6.07, 6.45) is 2.41. The molecule has 5 heteroatoms. The summed E-state index contributed by atoms with van der Waals surface area (Å²) in [7, 11) is 2.20. The highest BCUT2D eigenvalue weighted by Gasteiger charge is 2.11. The molecule has 0 radical (unpaired) electrons. The molecule has 0 aromatic rings. The molecule has 22 heavy (non-hydrogen) atoms. The molecule has 2 rings (SSSR count). The molecule has 0 saturated carbocycles. The largest absolute Gasteiger partial charge is 0.379 e. The molecule has 2 fully saturated rings. The van der Waals surface area contributed by atoms with Crippen LogP contribution in [0, 0.1) is 0 Å². The second-order valence-electron chi connectivity index (χ2n) is 5.74. The fourth-order valence-corrected chi connectivity index (χ4v) is 2.53. The number of nitrogens with two attached hydrogens (primary N) is 1. The number of nitrogens with zero attached hydrogens (tertiary/aromatic N) is 3. The van der Waals surface area contributed by atoms with Gasteiger partial charge in [-0.1, -0.05) is 20.8 Å². The summed E-state index contributed by atoms with van der Waals surface area (Å²) < 4.78 is 5.21. The SMILES string of the molecule is CC.CCCN1CCN(C)CC1.NCCCN1CCOCC1. The molecular weight excluding hydrogens is 276 g/mol. The summed E-state index contributed by atoms with van der Waals surface area (Å²) in [5.41, 5.74) is 5.39. The van der Waals surface area contributed by atoms with Gasteiger partial charge in [-0.15, -0.1) is 0 Å². The van der Waals surface area contributed by atoms with Gasteiger partial charge in [0.15, 0.2) is 0 Å². The summed E-state index contributed by atoms with van der Waals surface area (Å²) in [6, 6.07) is 0. The van der Waals surface area contributed by atoms with Crippen molar-refractivity contribution in [1.29, 1.82) is 0 Å². The zero-order valence-corrected chi connectivity index (χ0v) is 15.5. The molecular formula is C17H40N4O. The van der Waals surface area contributed by atoms with Crippen LogP contribution in [0.5, 0.6) is 0 Å². The van der Waals surface area contributed by atoms with Crippen molar-refractivity contribution in [2.45, 2.75) is 33.6 Å². The van der Waals surface area contributed by atoms with Crippen molar-refractivity contribution in [3.63, 3.8) is 0 Å². The molecule has 2 heterocycles. The van der Waals surface area contributed by atoms with E-state index in [0.717, 1.165) is 45.8 Å². The molecule has 0 bridgehead atoms. The maximum atomic E-state index is 5.39. The van der Waals surface area contributed by atoms with E-state index in [9.17, 15) is 0 Å². The number of ether oxygens (including phenoxy) is 1. The third kappa shape index (κ3) is 11.4. The summed E-state index contributed by atoms with van der Waals surface area (Å²) in [6.45, 7) is 18.5. The van der Waals surface area contributed by atoms with Crippen molar-refractivity contribution >= 4 is 0 Å². The minimum Gasteiger partial charge on any atom is -0.379 e. The third-order valence-electron chi connectivity index (χ3n) is 3.92. The molecule has 0 aliphatic carbocycles. The Morgan fingerprint density at radius 3 is 1.91 bits per heavy atom. The van der Waals surface area contributed by atoms with E-state index in [1.807, 2.05) is 13.8 Å². The van der Waals surface area contributed by atoms with Crippen LogP contribution in [0.3, 0.4) is 0 Å². The summed E-state index contributed by atoms with van der Waals surface area (Å²) in [5.74, 6) is 0. The molecule has 0 atom stereocenters. The van der Waals surface area contributed by atoms with Crippen LogP contribution >= 0.6 is 0 Å². The van der Waals surface area contributed by atoms with E-state index in [-0.39, 0.29) is 0 Å². The van der Waals surface area contributed by atoms with Crippen molar-refractivity contribution in [2.24, 2.45) is 5.73 Å². The van der Waals surface area contributed by atoms with E-state index in [0.29, 0.717) is 0 Å². The number of likely N-dealkylation sites (N-methyl/N-ethyl adjacent to an activating group) is 1. The highest BCUT2D eigenvalue weighted by Crippen LogP contribution is 1.99. The Labute approximate surface area is 138 Å². The van der Waals surface area contributed by atoms with Crippen LogP contribution in [0.2, 0.25) is 0 Å². The predicted molar refractivity (Wildman–Crippen MR) is 96.5 cm³/mol. The molecule has 2 aliphatic heterocycles. The number of morpholine rings is 1. The van der Waals surface area contributed by atoms with Gasteiger partial charge in [0.25, 0.3) is 0 Å². The molecule has 0 unspecified atom stereocenters. The molecule has 0 spiro atoms. The first-order valence-electron chi connectivity index (χ1n) is 9.17. The van der Waals surface area contributed by atoms with Crippen molar-refractivity contribution in [3.8, 4) is 0 Å². The van der Waals surface area contributed by atoms with Crippen LogP contribution in [0.15, 0.2) is 0 Å². The van der Waals surface area contributed by atoms with Gasteiger partial charge in [0.1, 0.15) is 0 Å². The quantitative estimate of drug-likeness (QED) is 0.829. The fourth-order valence-electron chi connectivity index (χ4n) is 2.53. The summed E-state index contributed by atoms with van der Waals surface area (Å²) >= 11 is 0. The smallest absolute Gasteiger partial charge is 0.0594 e. The van der Waals surface area contributed by atoms with Crippen LogP contribution in [0.1, 0.15) is 33.6 Å². The first-order valence-corrected chi connectivity index (χ1v) is 9.17. The Morgan fingerprint density at radius 1 is 0.864 bits per heavy atom. The lowest BCUT2D eigenvalue weighted by Gasteiger charge is -2.31. The lowest BCUT2D eigenvalue weighted by atomic mass is 10.3. The maximum absolute atomic E-state index is 5.39. The Bertz CT molecular complexity index is 211. The first-order chi connectivity index (χ1) is 10.8. The summed E-state index contributed by atoms with van der Waals surface area (Å²) in [4.78, 5) is 7.34. The van der Waals surface area contributed by atoms with Crippen molar-refractivity contribution < 1.29 is 4.74 Å². The number of rotatable bonds is 5. The standard InChI is InChI=1S/C8H18N2.C7H16N2O.C2H6/c1-3-4-10-7-5-9(2)6-8-10;8-2-1-3-9-4-6-10-7-5-9;1-2/h3-8H2,1-2H3;1-8H2;1-2H3.